The first kappa shape index (κ1) is 27.6. The van der Waals surface area contributed by atoms with Crippen molar-refractivity contribution in [1.82, 2.24) is 9.80 Å². The molecule has 0 bridgehead atoms. The summed E-state index contributed by atoms with van der Waals surface area (Å²) < 4.78 is 0. The molecule has 2 fully saturated rings. The highest BCUT2D eigenvalue weighted by molar-refractivity contribution is 6.44. The number of benzene rings is 5. The van der Waals surface area contributed by atoms with E-state index in [9.17, 15) is 19.2 Å². The average molecular weight is 613 g/mol. The molecule has 4 aliphatic rings. The van der Waals surface area contributed by atoms with Crippen molar-refractivity contribution in [3.8, 4) is 0 Å². The molecule has 0 saturated carbocycles. The maximum atomic E-state index is 14.1. The van der Waals surface area contributed by atoms with Gasteiger partial charge in [-0.05, 0) is 92.8 Å². The van der Waals surface area contributed by atoms with Crippen molar-refractivity contribution >= 4 is 78.1 Å². The van der Waals surface area contributed by atoms with E-state index in [1.54, 1.807) is 0 Å². The molecule has 5 aromatic rings. The lowest BCUT2D eigenvalue weighted by Gasteiger charge is -2.36. The van der Waals surface area contributed by atoms with Crippen molar-refractivity contribution in [2.75, 3.05) is 49.1 Å². The molecule has 9 rings (SSSR count). The quantitative estimate of drug-likeness (QED) is 0.124. The summed E-state index contributed by atoms with van der Waals surface area (Å²) in [6, 6.07) is 11.9. The van der Waals surface area contributed by atoms with Gasteiger partial charge in [0.1, 0.15) is 0 Å². The number of rotatable bonds is 4. The van der Waals surface area contributed by atoms with Crippen LogP contribution >= 0.6 is 0 Å². The third-order valence-corrected chi connectivity index (χ3v) is 11.0. The largest absolute Gasteiger partial charge is 0.371 e. The number of amides is 4. The maximum absolute atomic E-state index is 14.1. The van der Waals surface area contributed by atoms with Crippen LogP contribution < -0.4 is 9.80 Å². The highest BCUT2D eigenvalue weighted by Crippen LogP contribution is 2.52. The van der Waals surface area contributed by atoms with Crippen LogP contribution in [0.1, 0.15) is 93.8 Å². The number of imide groups is 2. The molecule has 46 heavy (non-hydrogen) atoms. The second-order valence-corrected chi connectivity index (χ2v) is 13.3. The van der Waals surface area contributed by atoms with Gasteiger partial charge in [0.25, 0.3) is 23.6 Å². The van der Waals surface area contributed by atoms with Gasteiger partial charge in [-0.15, -0.1) is 0 Å². The molecule has 4 heterocycles. The molecule has 8 nitrogen and oxygen atoms in total. The number of piperidine rings is 2. The van der Waals surface area contributed by atoms with Gasteiger partial charge in [-0.1, -0.05) is 12.1 Å². The van der Waals surface area contributed by atoms with Gasteiger partial charge in [-0.2, -0.15) is 0 Å². The number of carbonyl (C=O) groups excluding carboxylic acids is 4. The normalized spacial score (nSPS) is 18.8. The Bertz CT molecular complexity index is 2050. The van der Waals surface area contributed by atoms with Gasteiger partial charge in [0, 0.05) is 88.7 Å². The molecule has 4 amide bonds. The van der Waals surface area contributed by atoms with Crippen LogP contribution in [-0.2, 0) is 0 Å². The number of hydrogen-bond acceptors (Lipinski definition) is 6. The van der Waals surface area contributed by atoms with Crippen LogP contribution in [0.4, 0.5) is 11.4 Å². The van der Waals surface area contributed by atoms with Gasteiger partial charge in [-0.3, -0.25) is 29.0 Å². The van der Waals surface area contributed by atoms with Gasteiger partial charge < -0.3 is 9.80 Å². The van der Waals surface area contributed by atoms with Crippen molar-refractivity contribution in [2.24, 2.45) is 0 Å². The van der Waals surface area contributed by atoms with E-state index in [2.05, 4.69) is 9.80 Å². The molecule has 0 aromatic heterocycles. The van der Waals surface area contributed by atoms with Crippen molar-refractivity contribution in [3.63, 3.8) is 0 Å². The van der Waals surface area contributed by atoms with E-state index < -0.39 is 0 Å². The second-order valence-electron chi connectivity index (χ2n) is 13.3. The maximum Gasteiger partial charge on any atom is 0.261 e. The lowest BCUT2D eigenvalue weighted by molar-refractivity contribution is 0.0603. The zero-order valence-corrected chi connectivity index (χ0v) is 26.4. The summed E-state index contributed by atoms with van der Waals surface area (Å²) in [6.45, 7) is 7.84. The molecule has 2 saturated heterocycles. The molecule has 8 heteroatoms. The Hall–Kier alpha value is -4.72. The Kier molecular flexibility index (Phi) is 5.93. The number of anilines is 2. The van der Waals surface area contributed by atoms with Crippen molar-refractivity contribution in [2.45, 2.75) is 52.4 Å². The van der Waals surface area contributed by atoms with E-state index in [0.29, 0.717) is 40.7 Å². The molecule has 0 atom stereocenters. The number of hydrogen-bond donors (Lipinski definition) is 0. The first-order valence-electron chi connectivity index (χ1n) is 16.9. The van der Waals surface area contributed by atoms with Gasteiger partial charge >= 0.3 is 0 Å². The topological polar surface area (TPSA) is 81.2 Å². The fraction of sp³-hybridized carbons (Fsp3) is 0.368. The van der Waals surface area contributed by atoms with Gasteiger partial charge in [0.2, 0.25) is 0 Å². The van der Waals surface area contributed by atoms with Crippen LogP contribution in [0, 0.1) is 0 Å². The Morgan fingerprint density at radius 2 is 0.848 bits per heavy atom. The van der Waals surface area contributed by atoms with Crippen LogP contribution in [-0.4, -0.2) is 72.7 Å². The van der Waals surface area contributed by atoms with Crippen LogP contribution in [0.2, 0.25) is 0 Å². The van der Waals surface area contributed by atoms with Gasteiger partial charge in [0.15, 0.2) is 0 Å². The number of fused-ring (bicyclic) bond motifs is 2. The zero-order chi connectivity index (χ0) is 31.4. The first-order chi connectivity index (χ1) is 22.4. The van der Waals surface area contributed by atoms with Crippen LogP contribution in [0.15, 0.2) is 36.4 Å². The van der Waals surface area contributed by atoms with E-state index in [-0.39, 0.29) is 23.6 Å². The summed E-state index contributed by atoms with van der Waals surface area (Å²) in [4.78, 5) is 63.1. The molecule has 232 valence electrons. The van der Waals surface area contributed by atoms with E-state index in [4.69, 9.17) is 0 Å². The zero-order valence-electron chi connectivity index (χ0n) is 26.4. The minimum atomic E-state index is -0.261. The minimum absolute atomic E-state index is 0.242. The van der Waals surface area contributed by atoms with Crippen molar-refractivity contribution < 1.29 is 19.2 Å². The van der Waals surface area contributed by atoms with Gasteiger partial charge in [0.05, 0.1) is 11.1 Å². The predicted octanol–water partition coefficient (Wildman–Crippen LogP) is 6.95. The summed E-state index contributed by atoms with van der Waals surface area (Å²) >= 11 is 0. The SMILES string of the molecule is CCN1C(=O)c2ccc3c4c(N5CCCCC5)cc5c6c(cc(N7CCCCC7)c(c7ccc(c2c37)C1=O)c64)C(=O)N(CC)C5=O. The van der Waals surface area contributed by atoms with Crippen molar-refractivity contribution in [1.29, 1.82) is 0 Å². The fourth-order valence-corrected chi connectivity index (χ4v) is 8.87. The third-order valence-electron chi connectivity index (χ3n) is 11.0. The molecule has 0 N–H and O–H groups in total. The molecule has 0 unspecified atom stereocenters. The summed E-state index contributed by atoms with van der Waals surface area (Å²) in [6.07, 6.45) is 6.60. The highest BCUT2D eigenvalue weighted by Gasteiger charge is 2.39. The molecule has 0 spiro atoms. The van der Waals surface area contributed by atoms with Gasteiger partial charge in [-0.25, -0.2) is 0 Å². The summed E-state index contributed by atoms with van der Waals surface area (Å²) in [7, 11) is 0. The van der Waals surface area contributed by atoms with Crippen LogP contribution in [0.25, 0.3) is 43.1 Å². The lowest BCUT2D eigenvalue weighted by Crippen LogP contribution is -2.41. The molecule has 5 aromatic carbocycles. The molecule has 4 aliphatic heterocycles. The molecular weight excluding hydrogens is 576 g/mol. The number of carbonyl (C=O) groups is 4. The Balaban J connectivity index is 1.53. The summed E-state index contributed by atoms with van der Waals surface area (Å²) in [5, 5.41) is 7.25. The first-order valence-corrected chi connectivity index (χ1v) is 16.9. The Labute approximate surface area is 266 Å². The fourth-order valence-electron chi connectivity index (χ4n) is 8.87. The summed E-state index contributed by atoms with van der Waals surface area (Å²) in [5.41, 5.74) is 4.27. The predicted molar refractivity (Wildman–Crippen MR) is 182 cm³/mol. The monoisotopic (exact) mass is 612 g/mol. The second kappa shape index (κ2) is 9.89. The smallest absolute Gasteiger partial charge is 0.261 e. The highest BCUT2D eigenvalue weighted by atomic mass is 16.2. The lowest BCUT2D eigenvalue weighted by atomic mass is 9.80. The van der Waals surface area contributed by atoms with E-state index in [1.165, 1.54) is 22.6 Å². The number of nitrogens with zero attached hydrogens (tertiary/aromatic N) is 4. The minimum Gasteiger partial charge on any atom is -0.371 e. The van der Waals surface area contributed by atoms with E-state index in [1.807, 2.05) is 50.2 Å². The average Bonchev–Trinajstić information content (AvgIpc) is 3.09. The van der Waals surface area contributed by atoms with Crippen LogP contribution in [0.5, 0.6) is 0 Å². The van der Waals surface area contributed by atoms with Crippen LogP contribution in [0.3, 0.4) is 0 Å². The molecule has 0 aliphatic carbocycles. The third kappa shape index (κ3) is 3.44. The van der Waals surface area contributed by atoms with E-state index in [0.717, 1.165) is 101 Å². The molecular formula is C38H36N4O4. The van der Waals surface area contributed by atoms with E-state index >= 15 is 0 Å². The van der Waals surface area contributed by atoms with Crippen molar-refractivity contribution in [3.05, 3.63) is 58.7 Å². The molecule has 0 radical (unpaired) electrons. The Morgan fingerprint density at radius 1 is 0.457 bits per heavy atom. The Morgan fingerprint density at radius 3 is 1.26 bits per heavy atom. The standard InChI is InChI=1S/C38H36N4O4/c1-3-41-35(43)23-13-11-21-29-22(12-14-24(30(23)29)36(41)44)33-28(40-17-9-6-10-18-40)20-26-31-25(37(45)42(4-2)38(26)46)19-27(32(21)34(31)33)39-15-7-5-8-16-39/h11-14,19-20H,3-10,15-18H2,1-2H3. The summed E-state index contributed by atoms with van der Waals surface area (Å²) in [5.74, 6) is -1.01.